The van der Waals surface area contributed by atoms with E-state index in [0.717, 1.165) is 28.5 Å². The molecule has 0 saturated heterocycles. The summed E-state index contributed by atoms with van der Waals surface area (Å²) >= 11 is 0. The van der Waals surface area contributed by atoms with Gasteiger partial charge in [-0.15, -0.1) is 0 Å². The van der Waals surface area contributed by atoms with Crippen LogP contribution < -0.4 is 4.74 Å². The van der Waals surface area contributed by atoms with Gasteiger partial charge in [-0.3, -0.25) is 9.78 Å². The van der Waals surface area contributed by atoms with Gasteiger partial charge in [0, 0.05) is 43.3 Å². The molecule has 0 amide bonds. The fourth-order valence-corrected chi connectivity index (χ4v) is 4.63. The van der Waals surface area contributed by atoms with Gasteiger partial charge in [0.25, 0.3) is 0 Å². The Kier molecular flexibility index (Phi) is 6.63. The van der Waals surface area contributed by atoms with Crippen molar-refractivity contribution in [1.82, 2.24) is 14.9 Å². The van der Waals surface area contributed by atoms with Crippen LogP contribution in [0.25, 0.3) is 10.8 Å². The molecule has 0 aliphatic heterocycles. The number of carboxylic acid groups (broad SMARTS) is 1. The highest BCUT2D eigenvalue weighted by molar-refractivity contribution is 6.04. The van der Waals surface area contributed by atoms with Gasteiger partial charge in [0.1, 0.15) is 11.8 Å². The van der Waals surface area contributed by atoms with E-state index in [-0.39, 0.29) is 5.78 Å². The van der Waals surface area contributed by atoms with Gasteiger partial charge in [0.15, 0.2) is 5.78 Å². The fourth-order valence-electron chi connectivity index (χ4n) is 4.63. The number of ether oxygens (including phenoxy) is 1. The molecular formula is C27H29N3O4. The molecule has 3 aromatic rings. The maximum Gasteiger partial charge on any atom is 0.326 e. The van der Waals surface area contributed by atoms with Crippen molar-refractivity contribution in [1.29, 1.82) is 0 Å². The standard InChI is InChI=1S/C27H29N3O4/c1-4-12-27(3)23(16-24(27)31)30(5-2)22(26(32)33)15-18-6-8-20(9-7-18)34-25-21-17-28-13-10-19(21)11-14-29-25/h6-11,13-14,16-17,22H,4-5,12,15H2,1-3H3,(H,32,33)/t22-,27+/m0/s1. The number of hydrogen-bond acceptors (Lipinski definition) is 6. The van der Waals surface area contributed by atoms with Crippen molar-refractivity contribution in [2.75, 3.05) is 6.54 Å². The zero-order valence-electron chi connectivity index (χ0n) is 19.7. The maximum absolute atomic E-state index is 12.3. The molecule has 0 unspecified atom stereocenters. The minimum Gasteiger partial charge on any atom is -0.480 e. The molecule has 2 heterocycles. The summed E-state index contributed by atoms with van der Waals surface area (Å²) in [6.45, 7) is 6.39. The molecule has 0 radical (unpaired) electrons. The second-order valence-corrected chi connectivity index (χ2v) is 8.78. The second-order valence-electron chi connectivity index (χ2n) is 8.78. The lowest BCUT2D eigenvalue weighted by Crippen LogP contribution is -2.52. The number of likely N-dealkylation sites (N-methyl/N-ethyl adjacent to an activating group) is 1. The van der Waals surface area contributed by atoms with Crippen LogP contribution in [-0.4, -0.2) is 44.3 Å². The minimum atomic E-state index is -0.909. The van der Waals surface area contributed by atoms with Crippen molar-refractivity contribution < 1.29 is 19.4 Å². The van der Waals surface area contributed by atoms with E-state index in [4.69, 9.17) is 4.74 Å². The Bertz CT molecular complexity index is 1230. The minimum absolute atomic E-state index is 0.0747. The highest BCUT2D eigenvalue weighted by atomic mass is 16.5. The van der Waals surface area contributed by atoms with Crippen molar-refractivity contribution in [3.8, 4) is 11.6 Å². The van der Waals surface area contributed by atoms with E-state index in [0.29, 0.717) is 31.0 Å². The predicted octanol–water partition coefficient (Wildman–Crippen LogP) is 5.01. The van der Waals surface area contributed by atoms with E-state index in [9.17, 15) is 14.7 Å². The molecule has 7 heteroatoms. The normalized spacial score (nSPS) is 18.2. The SMILES string of the molecule is CCC[C@@]1(C)C(=O)C=C1N(CC)[C@@H](Cc1ccc(Oc2nccc3ccncc23)cc1)C(=O)O. The van der Waals surface area contributed by atoms with Crippen LogP contribution in [0.5, 0.6) is 11.6 Å². The van der Waals surface area contributed by atoms with Crippen LogP contribution in [0.1, 0.15) is 39.2 Å². The molecule has 34 heavy (non-hydrogen) atoms. The molecular weight excluding hydrogens is 430 g/mol. The molecule has 176 valence electrons. The number of benzene rings is 1. The Hall–Kier alpha value is -3.74. The summed E-state index contributed by atoms with van der Waals surface area (Å²) in [7, 11) is 0. The highest BCUT2D eigenvalue weighted by Gasteiger charge is 2.47. The molecule has 0 spiro atoms. The van der Waals surface area contributed by atoms with E-state index in [1.807, 2.05) is 62.1 Å². The fraction of sp³-hybridized carbons (Fsp3) is 0.333. The van der Waals surface area contributed by atoms with Crippen LogP contribution in [0, 0.1) is 5.41 Å². The Morgan fingerprint density at radius 3 is 2.53 bits per heavy atom. The van der Waals surface area contributed by atoms with Gasteiger partial charge >= 0.3 is 5.97 Å². The summed E-state index contributed by atoms with van der Waals surface area (Å²) < 4.78 is 5.97. The number of carbonyl (C=O) groups is 2. The van der Waals surface area contributed by atoms with Crippen LogP contribution >= 0.6 is 0 Å². The number of fused-ring (bicyclic) bond motifs is 1. The molecule has 4 rings (SSSR count). The number of aromatic nitrogens is 2. The lowest BCUT2D eigenvalue weighted by molar-refractivity contribution is -0.144. The first-order chi connectivity index (χ1) is 16.4. The summed E-state index contributed by atoms with van der Waals surface area (Å²) in [5.74, 6) is 0.241. The van der Waals surface area contributed by atoms with Gasteiger partial charge in [-0.1, -0.05) is 25.5 Å². The van der Waals surface area contributed by atoms with E-state index >= 15 is 0 Å². The number of rotatable bonds is 10. The van der Waals surface area contributed by atoms with Crippen molar-refractivity contribution in [2.45, 2.75) is 46.1 Å². The third kappa shape index (κ3) is 4.38. The van der Waals surface area contributed by atoms with Crippen LogP contribution in [-0.2, 0) is 16.0 Å². The number of carboxylic acids is 1. The number of ketones is 1. The van der Waals surface area contributed by atoms with Crippen molar-refractivity contribution in [3.63, 3.8) is 0 Å². The molecule has 1 aromatic carbocycles. The average molecular weight is 460 g/mol. The number of carbonyl (C=O) groups excluding carboxylic acids is 1. The van der Waals surface area contributed by atoms with Gasteiger partial charge in [-0.25, -0.2) is 9.78 Å². The number of allylic oxidation sites excluding steroid dienone is 2. The average Bonchev–Trinajstić information content (AvgIpc) is 2.84. The summed E-state index contributed by atoms with van der Waals surface area (Å²) in [6, 6.07) is 10.4. The summed E-state index contributed by atoms with van der Waals surface area (Å²) in [6.07, 6.45) is 8.61. The summed E-state index contributed by atoms with van der Waals surface area (Å²) in [5, 5.41) is 11.8. The molecule has 1 aliphatic carbocycles. The van der Waals surface area contributed by atoms with Crippen LogP contribution in [0.2, 0.25) is 0 Å². The topological polar surface area (TPSA) is 92.6 Å². The van der Waals surface area contributed by atoms with Crippen molar-refractivity contribution in [3.05, 3.63) is 72.3 Å². The Balaban J connectivity index is 1.52. The molecule has 0 fully saturated rings. The van der Waals surface area contributed by atoms with Gasteiger partial charge in [0.05, 0.1) is 10.8 Å². The molecule has 1 N–H and O–H groups in total. The Morgan fingerprint density at radius 2 is 1.88 bits per heavy atom. The van der Waals surface area contributed by atoms with Crippen molar-refractivity contribution >= 4 is 22.5 Å². The first-order valence-corrected chi connectivity index (χ1v) is 11.6. The van der Waals surface area contributed by atoms with E-state index < -0.39 is 17.4 Å². The molecule has 1 aliphatic rings. The van der Waals surface area contributed by atoms with Crippen LogP contribution in [0.3, 0.4) is 0 Å². The van der Waals surface area contributed by atoms with Gasteiger partial charge < -0.3 is 14.7 Å². The monoisotopic (exact) mass is 459 g/mol. The molecule has 0 bridgehead atoms. The predicted molar refractivity (Wildman–Crippen MR) is 130 cm³/mol. The highest BCUT2D eigenvalue weighted by Crippen LogP contribution is 2.44. The lowest BCUT2D eigenvalue weighted by atomic mass is 9.69. The number of aliphatic carboxylic acids is 1. The zero-order chi connectivity index (χ0) is 24.3. The summed E-state index contributed by atoms with van der Waals surface area (Å²) in [5.41, 5.74) is 1.09. The summed E-state index contributed by atoms with van der Waals surface area (Å²) in [4.78, 5) is 34.9. The quantitative estimate of drug-likeness (QED) is 0.455. The largest absolute Gasteiger partial charge is 0.480 e. The smallest absolute Gasteiger partial charge is 0.326 e. The van der Waals surface area contributed by atoms with Crippen LogP contribution in [0.4, 0.5) is 0 Å². The Labute approximate surface area is 199 Å². The number of nitrogens with zero attached hydrogens (tertiary/aromatic N) is 3. The first kappa shape index (κ1) is 23.4. The third-order valence-electron chi connectivity index (χ3n) is 6.54. The number of hydrogen-bond donors (Lipinski definition) is 1. The Morgan fingerprint density at radius 1 is 1.15 bits per heavy atom. The van der Waals surface area contributed by atoms with Crippen molar-refractivity contribution in [2.24, 2.45) is 5.41 Å². The first-order valence-electron chi connectivity index (χ1n) is 11.6. The number of pyridine rings is 2. The van der Waals surface area contributed by atoms with Gasteiger partial charge in [0.2, 0.25) is 5.88 Å². The second kappa shape index (κ2) is 9.63. The van der Waals surface area contributed by atoms with E-state index in [2.05, 4.69) is 9.97 Å². The van der Waals surface area contributed by atoms with E-state index in [1.54, 1.807) is 24.7 Å². The van der Waals surface area contributed by atoms with Crippen LogP contribution in [0.15, 0.2) is 66.8 Å². The van der Waals surface area contributed by atoms with Gasteiger partial charge in [-0.2, -0.15) is 0 Å². The lowest BCUT2D eigenvalue weighted by Gasteiger charge is -2.45. The molecule has 7 nitrogen and oxygen atoms in total. The van der Waals surface area contributed by atoms with Gasteiger partial charge in [-0.05, 0) is 55.5 Å². The maximum atomic E-state index is 12.3. The molecule has 2 atom stereocenters. The third-order valence-corrected chi connectivity index (χ3v) is 6.54. The van der Waals surface area contributed by atoms with E-state index in [1.165, 1.54) is 0 Å². The zero-order valence-corrected chi connectivity index (χ0v) is 19.7. The molecule has 0 saturated carbocycles. The molecule has 2 aromatic heterocycles.